The lowest BCUT2D eigenvalue weighted by Crippen LogP contribution is -2.28. The number of carbonyl (C=O) groups is 2. The molecule has 0 fully saturated rings. The van der Waals surface area contributed by atoms with Gasteiger partial charge in [0.1, 0.15) is 11.3 Å². The van der Waals surface area contributed by atoms with Crippen LogP contribution in [0.3, 0.4) is 0 Å². The molecule has 0 aliphatic heterocycles. The smallest absolute Gasteiger partial charge is 0.342 e. The summed E-state index contributed by atoms with van der Waals surface area (Å²) in [6, 6.07) is 11.7. The molecule has 2 aromatic carbocycles. The summed E-state index contributed by atoms with van der Waals surface area (Å²) in [5.41, 5.74) is 0.729. The molecule has 132 valence electrons. The van der Waals surface area contributed by atoms with E-state index in [-0.39, 0.29) is 23.6 Å². The number of para-hydroxylation sites is 2. The molecule has 0 atom stereocenters. The van der Waals surface area contributed by atoms with Crippen molar-refractivity contribution in [3.05, 3.63) is 53.6 Å². The minimum atomic E-state index is -0.816. The van der Waals surface area contributed by atoms with Gasteiger partial charge in [0.25, 0.3) is 5.91 Å². The van der Waals surface area contributed by atoms with Gasteiger partial charge in [-0.3, -0.25) is 4.79 Å². The van der Waals surface area contributed by atoms with Crippen molar-refractivity contribution in [3.8, 4) is 17.2 Å². The van der Waals surface area contributed by atoms with Gasteiger partial charge < -0.3 is 24.6 Å². The predicted octanol–water partition coefficient (Wildman–Crippen LogP) is 1.88. The number of amides is 1. The lowest BCUT2D eigenvalue weighted by molar-refractivity contribution is -0.124. The minimum absolute atomic E-state index is 0.0723. The van der Waals surface area contributed by atoms with Crippen molar-refractivity contribution in [2.24, 2.45) is 0 Å². The Morgan fingerprint density at radius 1 is 1.00 bits per heavy atom. The van der Waals surface area contributed by atoms with Crippen molar-refractivity contribution in [2.45, 2.75) is 6.54 Å². The number of hydrogen-bond donors (Lipinski definition) is 2. The predicted molar refractivity (Wildman–Crippen MR) is 89.8 cm³/mol. The van der Waals surface area contributed by atoms with E-state index in [2.05, 4.69) is 5.32 Å². The third-order valence-corrected chi connectivity index (χ3v) is 3.44. The molecular weight excluding hydrogens is 326 g/mol. The first-order valence-electron chi connectivity index (χ1n) is 7.48. The summed E-state index contributed by atoms with van der Waals surface area (Å²) in [6.07, 6.45) is 0. The molecule has 0 radical (unpaired) electrons. The SMILES string of the molecule is COc1ccccc1CNC(=O)COC(=O)c1cccc(OC)c1O. The molecule has 0 aliphatic carbocycles. The van der Waals surface area contributed by atoms with Gasteiger partial charge in [-0.25, -0.2) is 4.79 Å². The number of nitrogens with one attached hydrogen (secondary N) is 1. The van der Waals surface area contributed by atoms with Crippen molar-refractivity contribution in [2.75, 3.05) is 20.8 Å². The third kappa shape index (κ3) is 4.63. The molecule has 0 bridgehead atoms. The fraction of sp³-hybridized carbons (Fsp3) is 0.222. The molecule has 0 saturated heterocycles. The molecule has 2 N–H and O–H groups in total. The summed E-state index contributed by atoms with van der Waals surface area (Å²) in [7, 11) is 2.92. The second kappa shape index (κ2) is 8.58. The minimum Gasteiger partial charge on any atom is -0.504 e. The van der Waals surface area contributed by atoms with Crippen molar-refractivity contribution >= 4 is 11.9 Å². The zero-order valence-corrected chi connectivity index (χ0v) is 13.9. The largest absolute Gasteiger partial charge is 0.504 e. The zero-order chi connectivity index (χ0) is 18.2. The summed E-state index contributed by atoms with van der Waals surface area (Å²) in [6.45, 7) is -0.227. The van der Waals surface area contributed by atoms with E-state index in [0.29, 0.717) is 5.75 Å². The number of benzene rings is 2. The second-order valence-electron chi connectivity index (χ2n) is 5.02. The number of esters is 1. The van der Waals surface area contributed by atoms with Gasteiger partial charge in [-0.2, -0.15) is 0 Å². The lowest BCUT2D eigenvalue weighted by atomic mass is 10.2. The highest BCUT2D eigenvalue weighted by Gasteiger charge is 2.17. The van der Waals surface area contributed by atoms with E-state index < -0.39 is 18.5 Å². The maximum absolute atomic E-state index is 12.0. The van der Waals surface area contributed by atoms with Crippen LogP contribution in [0.4, 0.5) is 0 Å². The normalized spacial score (nSPS) is 10.0. The second-order valence-corrected chi connectivity index (χ2v) is 5.02. The monoisotopic (exact) mass is 345 g/mol. The summed E-state index contributed by atoms with van der Waals surface area (Å²) >= 11 is 0. The topological polar surface area (TPSA) is 94.1 Å². The highest BCUT2D eigenvalue weighted by Crippen LogP contribution is 2.29. The molecule has 7 nitrogen and oxygen atoms in total. The van der Waals surface area contributed by atoms with Gasteiger partial charge in [0.15, 0.2) is 18.1 Å². The van der Waals surface area contributed by atoms with Crippen LogP contribution < -0.4 is 14.8 Å². The Bertz CT molecular complexity index is 759. The van der Waals surface area contributed by atoms with E-state index in [4.69, 9.17) is 14.2 Å². The van der Waals surface area contributed by atoms with Crippen LogP contribution in [0.1, 0.15) is 15.9 Å². The Morgan fingerprint density at radius 3 is 2.40 bits per heavy atom. The zero-order valence-electron chi connectivity index (χ0n) is 13.9. The van der Waals surface area contributed by atoms with Crippen LogP contribution in [0.5, 0.6) is 17.2 Å². The maximum atomic E-state index is 12.0. The van der Waals surface area contributed by atoms with Gasteiger partial charge in [0.2, 0.25) is 0 Å². The number of phenolic OH excluding ortho intramolecular Hbond substituents is 1. The summed E-state index contributed by atoms with van der Waals surface area (Å²) in [5.74, 6) is -0.814. The average Bonchev–Trinajstić information content (AvgIpc) is 2.64. The number of ether oxygens (including phenoxy) is 3. The van der Waals surface area contributed by atoms with Crippen LogP contribution in [-0.4, -0.2) is 37.8 Å². The molecule has 0 spiro atoms. The Kier molecular flexibility index (Phi) is 6.22. The molecule has 1 amide bonds. The van der Waals surface area contributed by atoms with Gasteiger partial charge in [-0.05, 0) is 18.2 Å². The number of hydrogen-bond acceptors (Lipinski definition) is 6. The van der Waals surface area contributed by atoms with Gasteiger partial charge in [-0.1, -0.05) is 24.3 Å². The van der Waals surface area contributed by atoms with E-state index in [0.717, 1.165) is 5.56 Å². The van der Waals surface area contributed by atoms with E-state index in [9.17, 15) is 14.7 Å². The van der Waals surface area contributed by atoms with E-state index in [1.807, 2.05) is 18.2 Å². The molecule has 2 rings (SSSR count). The maximum Gasteiger partial charge on any atom is 0.342 e. The van der Waals surface area contributed by atoms with E-state index >= 15 is 0 Å². The quantitative estimate of drug-likeness (QED) is 0.744. The molecule has 2 aromatic rings. The van der Waals surface area contributed by atoms with Gasteiger partial charge in [-0.15, -0.1) is 0 Å². The van der Waals surface area contributed by atoms with Crippen molar-refractivity contribution in [1.82, 2.24) is 5.32 Å². The van der Waals surface area contributed by atoms with Crippen LogP contribution in [0.25, 0.3) is 0 Å². The number of carbonyl (C=O) groups excluding carboxylic acids is 2. The fourth-order valence-electron chi connectivity index (χ4n) is 2.15. The molecule has 0 saturated carbocycles. The molecule has 0 aliphatic rings. The van der Waals surface area contributed by atoms with Crippen LogP contribution in [0.15, 0.2) is 42.5 Å². The van der Waals surface area contributed by atoms with E-state index in [1.165, 1.54) is 25.3 Å². The molecule has 0 heterocycles. The Balaban J connectivity index is 1.89. The molecule has 7 heteroatoms. The van der Waals surface area contributed by atoms with E-state index in [1.54, 1.807) is 13.2 Å². The van der Waals surface area contributed by atoms with Crippen LogP contribution in [-0.2, 0) is 16.1 Å². The lowest BCUT2D eigenvalue weighted by Gasteiger charge is -2.11. The van der Waals surface area contributed by atoms with Gasteiger partial charge in [0, 0.05) is 12.1 Å². The summed E-state index contributed by atoms with van der Waals surface area (Å²) in [5, 5.41) is 12.5. The van der Waals surface area contributed by atoms with Crippen LogP contribution in [0.2, 0.25) is 0 Å². The van der Waals surface area contributed by atoms with Crippen LogP contribution >= 0.6 is 0 Å². The standard InChI is InChI=1S/C18H19NO6/c1-23-14-8-4-3-6-12(14)10-19-16(20)11-25-18(22)13-7-5-9-15(24-2)17(13)21/h3-9,21H,10-11H2,1-2H3,(H,19,20). The molecule has 25 heavy (non-hydrogen) atoms. The van der Waals surface area contributed by atoms with Crippen LogP contribution in [0, 0.1) is 0 Å². The highest BCUT2D eigenvalue weighted by atomic mass is 16.5. The van der Waals surface area contributed by atoms with Crippen molar-refractivity contribution in [1.29, 1.82) is 0 Å². The average molecular weight is 345 g/mol. The summed E-state index contributed by atoms with van der Waals surface area (Å²) < 4.78 is 15.0. The molecule has 0 aromatic heterocycles. The Hall–Kier alpha value is -3.22. The fourth-order valence-corrected chi connectivity index (χ4v) is 2.15. The first kappa shape index (κ1) is 18.1. The number of aromatic hydroxyl groups is 1. The first-order valence-corrected chi connectivity index (χ1v) is 7.48. The van der Waals surface area contributed by atoms with Crippen molar-refractivity contribution < 1.29 is 28.9 Å². The van der Waals surface area contributed by atoms with Gasteiger partial charge in [0.05, 0.1) is 14.2 Å². The third-order valence-electron chi connectivity index (χ3n) is 3.44. The Morgan fingerprint density at radius 2 is 1.68 bits per heavy atom. The highest BCUT2D eigenvalue weighted by molar-refractivity contribution is 5.94. The number of methoxy groups -OCH3 is 2. The molecule has 0 unspecified atom stereocenters. The number of rotatable bonds is 7. The number of phenols is 1. The van der Waals surface area contributed by atoms with Crippen molar-refractivity contribution in [3.63, 3.8) is 0 Å². The molecular formula is C18H19NO6. The Labute approximate surface area is 145 Å². The summed E-state index contributed by atoms with van der Waals surface area (Å²) in [4.78, 5) is 23.8. The van der Waals surface area contributed by atoms with Gasteiger partial charge >= 0.3 is 5.97 Å². The first-order chi connectivity index (χ1) is 12.1.